The predicted octanol–water partition coefficient (Wildman–Crippen LogP) is 4.80. The molecule has 1 aromatic carbocycles. The molecule has 1 aliphatic rings. The van der Waals surface area contributed by atoms with E-state index in [2.05, 4.69) is 11.9 Å². The summed E-state index contributed by atoms with van der Waals surface area (Å²) in [4.78, 5) is 0. The van der Waals surface area contributed by atoms with Crippen LogP contribution in [0.2, 0.25) is 0 Å². The third-order valence-electron chi connectivity index (χ3n) is 4.43. The molecule has 0 saturated heterocycles. The fourth-order valence-electron chi connectivity index (χ4n) is 2.89. The molecule has 140 valence electrons. The third-order valence-corrected chi connectivity index (χ3v) is 4.43. The van der Waals surface area contributed by atoms with Crippen LogP contribution in [0.25, 0.3) is 5.70 Å². The van der Waals surface area contributed by atoms with Gasteiger partial charge in [-0.05, 0) is 55.4 Å². The zero-order valence-electron chi connectivity index (χ0n) is 13.5. The van der Waals surface area contributed by atoms with E-state index in [1.807, 2.05) is 0 Å². The maximum atomic E-state index is 12.9. The summed E-state index contributed by atoms with van der Waals surface area (Å²) in [5, 5.41) is 2.87. The fraction of sp³-hybridized carbons (Fsp3) is 0.529. The van der Waals surface area contributed by atoms with Crippen LogP contribution in [-0.4, -0.2) is 12.6 Å². The Morgan fingerprint density at radius 3 is 1.88 bits per heavy atom. The monoisotopic (exact) mass is 366 g/mol. The van der Waals surface area contributed by atoms with Crippen molar-refractivity contribution in [1.29, 1.82) is 0 Å². The molecule has 8 heteroatoms. The van der Waals surface area contributed by atoms with Gasteiger partial charge < -0.3 is 11.1 Å². The van der Waals surface area contributed by atoms with Gasteiger partial charge in [0.2, 0.25) is 0 Å². The van der Waals surface area contributed by atoms with Crippen molar-refractivity contribution in [2.45, 2.75) is 44.1 Å². The molecule has 25 heavy (non-hydrogen) atoms. The van der Waals surface area contributed by atoms with Gasteiger partial charge in [0.1, 0.15) is 0 Å². The van der Waals surface area contributed by atoms with Crippen LogP contribution in [0, 0.1) is 5.92 Å². The second kappa shape index (κ2) is 7.27. The molecule has 1 aliphatic carbocycles. The summed E-state index contributed by atoms with van der Waals surface area (Å²) in [5.74, 6) is 0.282. The van der Waals surface area contributed by atoms with E-state index in [1.165, 1.54) is 0 Å². The van der Waals surface area contributed by atoms with Crippen LogP contribution >= 0.6 is 0 Å². The molecule has 3 N–H and O–H groups in total. The van der Waals surface area contributed by atoms with E-state index in [1.54, 1.807) is 0 Å². The van der Waals surface area contributed by atoms with Crippen LogP contribution in [-0.2, 0) is 12.4 Å². The van der Waals surface area contributed by atoms with Crippen molar-refractivity contribution >= 4 is 5.70 Å². The molecule has 0 bridgehead atoms. The molecule has 1 saturated carbocycles. The van der Waals surface area contributed by atoms with E-state index in [0.717, 1.165) is 25.7 Å². The molecule has 0 heterocycles. The number of benzene rings is 1. The van der Waals surface area contributed by atoms with Gasteiger partial charge in [0.25, 0.3) is 0 Å². The quantitative estimate of drug-likeness (QED) is 0.751. The molecule has 1 fully saturated rings. The van der Waals surface area contributed by atoms with Gasteiger partial charge >= 0.3 is 12.4 Å². The normalized spacial score (nSPS) is 21.9. The Morgan fingerprint density at radius 2 is 1.44 bits per heavy atom. The fourth-order valence-corrected chi connectivity index (χ4v) is 2.89. The summed E-state index contributed by atoms with van der Waals surface area (Å²) in [6.45, 7) is 4.05. The van der Waals surface area contributed by atoms with Crippen LogP contribution in [0.1, 0.15) is 42.4 Å². The van der Waals surface area contributed by atoms with Gasteiger partial charge in [0, 0.05) is 18.3 Å². The Morgan fingerprint density at radius 1 is 0.960 bits per heavy atom. The van der Waals surface area contributed by atoms with E-state index in [0.29, 0.717) is 18.7 Å². The average molecular weight is 366 g/mol. The van der Waals surface area contributed by atoms with Crippen LogP contribution in [0.3, 0.4) is 0 Å². The SMILES string of the molecule is C=C(NCC1CCC(N)CC1)c1cc(C(F)(F)F)cc(C(F)(F)F)c1. The Hall–Kier alpha value is -1.70. The van der Waals surface area contributed by atoms with Crippen molar-refractivity contribution in [2.75, 3.05) is 6.54 Å². The van der Waals surface area contributed by atoms with Gasteiger partial charge in [-0.15, -0.1) is 0 Å². The van der Waals surface area contributed by atoms with Gasteiger partial charge in [-0.3, -0.25) is 0 Å². The van der Waals surface area contributed by atoms with Crippen LogP contribution in [0.5, 0.6) is 0 Å². The largest absolute Gasteiger partial charge is 0.416 e. The highest BCUT2D eigenvalue weighted by Crippen LogP contribution is 2.37. The molecule has 0 unspecified atom stereocenters. The zero-order valence-corrected chi connectivity index (χ0v) is 13.5. The first-order chi connectivity index (χ1) is 11.5. The molecule has 0 radical (unpaired) electrons. The van der Waals surface area contributed by atoms with E-state index in [4.69, 9.17) is 5.73 Å². The summed E-state index contributed by atoms with van der Waals surface area (Å²) in [6, 6.07) is 1.64. The standard InChI is InChI=1S/C17H20F6N2/c1-10(25-9-11-2-4-15(24)5-3-11)12-6-13(16(18,19)20)8-14(7-12)17(21,22)23/h6-8,11,15,25H,1-5,9,24H2. The number of hydrogen-bond donors (Lipinski definition) is 2. The van der Waals surface area contributed by atoms with Crippen molar-refractivity contribution in [2.24, 2.45) is 11.7 Å². The van der Waals surface area contributed by atoms with Crippen LogP contribution in [0.15, 0.2) is 24.8 Å². The summed E-state index contributed by atoms with van der Waals surface area (Å²) in [5.41, 5.74) is 2.95. The van der Waals surface area contributed by atoms with Crippen LogP contribution < -0.4 is 11.1 Å². The molecule has 2 rings (SSSR count). The minimum atomic E-state index is -4.87. The Bertz CT molecular complexity index is 580. The Kier molecular flexibility index (Phi) is 5.71. The molecule has 0 spiro atoms. The highest BCUT2D eigenvalue weighted by atomic mass is 19.4. The number of halogens is 6. The van der Waals surface area contributed by atoms with Crippen molar-refractivity contribution in [3.63, 3.8) is 0 Å². The summed E-state index contributed by atoms with van der Waals surface area (Å²) in [6.07, 6.45) is -6.26. The lowest BCUT2D eigenvalue weighted by molar-refractivity contribution is -0.143. The smallest absolute Gasteiger partial charge is 0.385 e. The summed E-state index contributed by atoms with van der Waals surface area (Å²) in [7, 11) is 0. The minimum absolute atomic E-state index is 0.0477. The lowest BCUT2D eigenvalue weighted by Gasteiger charge is -2.27. The highest BCUT2D eigenvalue weighted by Gasteiger charge is 2.37. The number of nitrogens with one attached hydrogen (secondary N) is 1. The van der Waals surface area contributed by atoms with E-state index in [9.17, 15) is 26.3 Å². The van der Waals surface area contributed by atoms with Gasteiger partial charge in [-0.25, -0.2) is 0 Å². The molecule has 0 aliphatic heterocycles. The minimum Gasteiger partial charge on any atom is -0.385 e. The zero-order chi connectivity index (χ0) is 18.8. The van der Waals surface area contributed by atoms with Gasteiger partial charge in [-0.2, -0.15) is 26.3 Å². The molecule has 0 atom stereocenters. The van der Waals surface area contributed by atoms with E-state index in [-0.39, 0.29) is 29.3 Å². The highest BCUT2D eigenvalue weighted by molar-refractivity contribution is 5.63. The molecule has 1 aromatic rings. The Labute approximate surface area is 142 Å². The van der Waals surface area contributed by atoms with Crippen molar-refractivity contribution < 1.29 is 26.3 Å². The van der Waals surface area contributed by atoms with Crippen molar-refractivity contribution in [1.82, 2.24) is 5.32 Å². The van der Waals surface area contributed by atoms with Crippen molar-refractivity contribution in [3.05, 3.63) is 41.5 Å². The molecular formula is C17H20F6N2. The first-order valence-electron chi connectivity index (χ1n) is 7.95. The topological polar surface area (TPSA) is 38.0 Å². The van der Waals surface area contributed by atoms with Gasteiger partial charge in [0.05, 0.1) is 11.1 Å². The first-order valence-corrected chi connectivity index (χ1v) is 7.95. The van der Waals surface area contributed by atoms with Gasteiger partial charge in [-0.1, -0.05) is 6.58 Å². The average Bonchev–Trinajstić information content (AvgIpc) is 2.52. The molecule has 2 nitrogen and oxygen atoms in total. The molecule has 0 aromatic heterocycles. The maximum absolute atomic E-state index is 12.9. The second-order valence-corrected chi connectivity index (χ2v) is 6.43. The summed E-state index contributed by atoms with van der Waals surface area (Å²) >= 11 is 0. The first kappa shape index (κ1) is 19.6. The number of nitrogens with two attached hydrogens (primary N) is 1. The predicted molar refractivity (Wildman–Crippen MR) is 83.4 cm³/mol. The summed E-state index contributed by atoms with van der Waals surface area (Å²) < 4.78 is 77.3. The van der Waals surface area contributed by atoms with Crippen LogP contribution in [0.4, 0.5) is 26.3 Å². The molecule has 0 amide bonds. The lowest BCUT2D eigenvalue weighted by Crippen LogP contribution is -2.31. The van der Waals surface area contributed by atoms with E-state index >= 15 is 0 Å². The molecular weight excluding hydrogens is 346 g/mol. The third kappa shape index (κ3) is 5.39. The van der Waals surface area contributed by atoms with Gasteiger partial charge in [0.15, 0.2) is 0 Å². The number of rotatable bonds is 4. The van der Waals surface area contributed by atoms with Crippen molar-refractivity contribution in [3.8, 4) is 0 Å². The second-order valence-electron chi connectivity index (χ2n) is 6.43. The number of alkyl halides is 6. The van der Waals surface area contributed by atoms with E-state index < -0.39 is 23.5 Å². The lowest BCUT2D eigenvalue weighted by atomic mass is 9.86. The maximum Gasteiger partial charge on any atom is 0.416 e. The Balaban J connectivity index is 2.15. The number of hydrogen-bond acceptors (Lipinski definition) is 2.